The van der Waals surface area contributed by atoms with Crippen molar-refractivity contribution in [1.82, 2.24) is 10.2 Å². The zero-order valence-corrected chi connectivity index (χ0v) is 13.0. The van der Waals surface area contributed by atoms with E-state index in [1.807, 2.05) is 6.07 Å². The van der Waals surface area contributed by atoms with E-state index in [1.165, 1.54) is 12.8 Å². The molecule has 108 valence electrons. The van der Waals surface area contributed by atoms with E-state index in [9.17, 15) is 4.79 Å². The van der Waals surface area contributed by atoms with E-state index in [0.29, 0.717) is 11.3 Å². The van der Waals surface area contributed by atoms with Crippen LogP contribution in [-0.4, -0.2) is 36.0 Å². The first kappa shape index (κ1) is 13.9. The van der Waals surface area contributed by atoms with E-state index in [-0.39, 0.29) is 11.9 Å². The summed E-state index contributed by atoms with van der Waals surface area (Å²) in [5.41, 5.74) is 7.00. The second kappa shape index (κ2) is 5.74. The smallest absolute Gasteiger partial charge is 0.251 e. The molecule has 4 nitrogen and oxygen atoms in total. The summed E-state index contributed by atoms with van der Waals surface area (Å²) in [5, 5.41) is 3.13. The lowest BCUT2D eigenvalue weighted by Crippen LogP contribution is -2.45. The normalized spacial score (nSPS) is 20.9. The van der Waals surface area contributed by atoms with Gasteiger partial charge < -0.3 is 16.0 Å². The fourth-order valence-corrected chi connectivity index (χ4v) is 3.37. The topological polar surface area (TPSA) is 58.4 Å². The molecule has 1 saturated heterocycles. The fourth-order valence-electron chi connectivity index (χ4n) is 2.86. The molecule has 1 aliphatic carbocycles. The molecular formula is C15H20BrN3O. The predicted molar refractivity (Wildman–Crippen MR) is 83.6 cm³/mol. The molecule has 1 saturated carbocycles. The number of hydrogen-bond acceptors (Lipinski definition) is 3. The molecule has 1 aromatic carbocycles. The highest BCUT2D eigenvalue weighted by Crippen LogP contribution is 2.29. The average Bonchev–Trinajstić information content (AvgIpc) is 3.23. The van der Waals surface area contributed by atoms with Crippen LogP contribution in [0.4, 0.5) is 5.69 Å². The zero-order chi connectivity index (χ0) is 14.1. The summed E-state index contributed by atoms with van der Waals surface area (Å²) in [5.74, 6) is -0.0251. The number of likely N-dealkylation sites (tertiary alicyclic amines) is 1. The first-order valence-corrected chi connectivity index (χ1v) is 8.02. The summed E-state index contributed by atoms with van der Waals surface area (Å²) >= 11 is 3.37. The molecule has 0 unspecified atom stereocenters. The molecule has 2 aliphatic rings. The van der Waals surface area contributed by atoms with Crippen molar-refractivity contribution in [2.75, 3.05) is 18.8 Å². The van der Waals surface area contributed by atoms with Gasteiger partial charge in [0.2, 0.25) is 0 Å². The number of nitrogens with zero attached hydrogens (tertiary/aromatic N) is 1. The van der Waals surface area contributed by atoms with Crippen molar-refractivity contribution in [3.8, 4) is 0 Å². The minimum atomic E-state index is -0.0251. The van der Waals surface area contributed by atoms with E-state index in [4.69, 9.17) is 5.73 Å². The van der Waals surface area contributed by atoms with Crippen LogP contribution in [0.5, 0.6) is 0 Å². The number of carbonyl (C=O) groups excluding carboxylic acids is 1. The van der Waals surface area contributed by atoms with Gasteiger partial charge in [0, 0.05) is 40.9 Å². The van der Waals surface area contributed by atoms with Gasteiger partial charge in [0.25, 0.3) is 5.91 Å². The molecule has 1 heterocycles. The van der Waals surface area contributed by atoms with E-state index in [0.717, 1.165) is 36.4 Å². The third-order valence-corrected chi connectivity index (χ3v) is 4.57. The maximum Gasteiger partial charge on any atom is 0.251 e. The van der Waals surface area contributed by atoms with Gasteiger partial charge >= 0.3 is 0 Å². The van der Waals surface area contributed by atoms with Gasteiger partial charge in [-0.3, -0.25) is 4.79 Å². The van der Waals surface area contributed by atoms with Crippen LogP contribution in [0.15, 0.2) is 22.7 Å². The number of nitrogen functional groups attached to an aromatic ring is 1. The van der Waals surface area contributed by atoms with E-state index >= 15 is 0 Å². The minimum absolute atomic E-state index is 0.0251. The van der Waals surface area contributed by atoms with Crippen molar-refractivity contribution in [3.63, 3.8) is 0 Å². The highest BCUT2D eigenvalue weighted by Gasteiger charge is 2.32. The standard InChI is InChI=1S/C15H20BrN3O/c16-11-7-10(8-12(17)9-11)15(20)18-13-3-5-19(6-4-13)14-1-2-14/h7-9,13-14H,1-6,17H2,(H,18,20). The van der Waals surface area contributed by atoms with E-state index in [1.54, 1.807) is 12.1 Å². The SMILES string of the molecule is Nc1cc(Br)cc(C(=O)NC2CCN(C3CC3)CC2)c1. The summed E-state index contributed by atoms with van der Waals surface area (Å²) in [6, 6.07) is 6.45. The Labute approximate surface area is 127 Å². The van der Waals surface area contributed by atoms with Gasteiger partial charge in [-0.25, -0.2) is 0 Å². The Bertz CT molecular complexity index is 488. The number of halogens is 1. The van der Waals surface area contributed by atoms with Gasteiger partial charge in [0.1, 0.15) is 0 Å². The van der Waals surface area contributed by atoms with E-state index < -0.39 is 0 Å². The van der Waals surface area contributed by atoms with Gasteiger partial charge in [0.05, 0.1) is 0 Å². The van der Waals surface area contributed by atoms with Gasteiger partial charge in [-0.1, -0.05) is 15.9 Å². The number of nitrogens with one attached hydrogen (secondary N) is 1. The fraction of sp³-hybridized carbons (Fsp3) is 0.533. The van der Waals surface area contributed by atoms with Crippen molar-refractivity contribution in [3.05, 3.63) is 28.2 Å². The largest absolute Gasteiger partial charge is 0.399 e. The lowest BCUT2D eigenvalue weighted by molar-refractivity contribution is 0.0909. The molecule has 5 heteroatoms. The Morgan fingerprint density at radius 2 is 1.90 bits per heavy atom. The number of anilines is 1. The second-order valence-electron chi connectivity index (χ2n) is 5.79. The molecule has 3 rings (SSSR count). The number of rotatable bonds is 3. The van der Waals surface area contributed by atoms with Gasteiger partial charge in [-0.15, -0.1) is 0 Å². The van der Waals surface area contributed by atoms with Crippen LogP contribution in [0.2, 0.25) is 0 Å². The summed E-state index contributed by atoms with van der Waals surface area (Å²) in [6.07, 6.45) is 4.81. The lowest BCUT2D eigenvalue weighted by Gasteiger charge is -2.32. The van der Waals surface area contributed by atoms with Crippen molar-refractivity contribution >= 4 is 27.5 Å². The number of nitrogens with two attached hydrogens (primary N) is 1. The van der Waals surface area contributed by atoms with Crippen LogP contribution in [0.25, 0.3) is 0 Å². The van der Waals surface area contributed by atoms with Crippen LogP contribution in [0.3, 0.4) is 0 Å². The van der Waals surface area contributed by atoms with Crippen molar-refractivity contribution < 1.29 is 4.79 Å². The molecule has 3 N–H and O–H groups in total. The van der Waals surface area contributed by atoms with E-state index in [2.05, 4.69) is 26.1 Å². The number of benzene rings is 1. The van der Waals surface area contributed by atoms with Crippen molar-refractivity contribution in [1.29, 1.82) is 0 Å². The Kier molecular flexibility index (Phi) is 3.98. The average molecular weight is 338 g/mol. The van der Waals surface area contributed by atoms with Gasteiger partial charge in [0.15, 0.2) is 0 Å². The second-order valence-corrected chi connectivity index (χ2v) is 6.70. The zero-order valence-electron chi connectivity index (χ0n) is 11.4. The van der Waals surface area contributed by atoms with Crippen molar-refractivity contribution in [2.24, 2.45) is 0 Å². The molecule has 0 aromatic heterocycles. The molecule has 0 spiro atoms. The summed E-state index contributed by atoms with van der Waals surface area (Å²) < 4.78 is 0.839. The maximum atomic E-state index is 12.2. The number of hydrogen-bond donors (Lipinski definition) is 2. The molecule has 20 heavy (non-hydrogen) atoms. The van der Waals surface area contributed by atoms with Gasteiger partial charge in [-0.05, 0) is 43.9 Å². The van der Waals surface area contributed by atoms with Crippen LogP contribution >= 0.6 is 15.9 Å². The molecule has 0 bridgehead atoms. The molecule has 0 atom stereocenters. The maximum absolute atomic E-state index is 12.2. The molecule has 1 aromatic rings. The summed E-state index contributed by atoms with van der Waals surface area (Å²) in [7, 11) is 0. The molecule has 1 aliphatic heterocycles. The first-order chi connectivity index (χ1) is 9.61. The van der Waals surface area contributed by atoms with Crippen molar-refractivity contribution in [2.45, 2.75) is 37.8 Å². The Hall–Kier alpha value is -1.07. The third-order valence-electron chi connectivity index (χ3n) is 4.11. The Balaban J connectivity index is 1.56. The molecule has 0 radical (unpaired) electrons. The Morgan fingerprint density at radius 3 is 2.50 bits per heavy atom. The number of carbonyl (C=O) groups is 1. The quantitative estimate of drug-likeness (QED) is 0.832. The monoisotopic (exact) mass is 337 g/mol. The first-order valence-electron chi connectivity index (χ1n) is 7.23. The predicted octanol–water partition coefficient (Wildman–Crippen LogP) is 2.39. The summed E-state index contributed by atoms with van der Waals surface area (Å²) in [4.78, 5) is 14.8. The van der Waals surface area contributed by atoms with Crippen LogP contribution in [-0.2, 0) is 0 Å². The minimum Gasteiger partial charge on any atom is -0.399 e. The van der Waals surface area contributed by atoms with Crippen LogP contribution in [0.1, 0.15) is 36.0 Å². The highest BCUT2D eigenvalue weighted by atomic mass is 79.9. The third kappa shape index (κ3) is 3.33. The Morgan fingerprint density at radius 1 is 1.20 bits per heavy atom. The van der Waals surface area contributed by atoms with Crippen LogP contribution in [0, 0.1) is 0 Å². The number of amides is 1. The molecular weight excluding hydrogens is 318 g/mol. The number of piperidine rings is 1. The van der Waals surface area contributed by atoms with Gasteiger partial charge in [-0.2, -0.15) is 0 Å². The lowest BCUT2D eigenvalue weighted by atomic mass is 10.0. The molecule has 1 amide bonds. The highest BCUT2D eigenvalue weighted by molar-refractivity contribution is 9.10. The van der Waals surface area contributed by atoms with Crippen LogP contribution < -0.4 is 11.1 Å². The summed E-state index contributed by atoms with van der Waals surface area (Å²) in [6.45, 7) is 2.21. The molecule has 2 fully saturated rings.